The molecular formula is C23H33Cl2FN2O. The quantitative estimate of drug-likeness (QED) is 0.408. The van der Waals surface area contributed by atoms with Gasteiger partial charge in [0.25, 0.3) is 0 Å². The molecule has 1 fully saturated rings. The molecule has 3 nitrogen and oxygen atoms in total. The van der Waals surface area contributed by atoms with Gasteiger partial charge in [0.05, 0.1) is 0 Å². The number of halogens is 3. The molecule has 1 aliphatic heterocycles. The predicted octanol–water partition coefficient (Wildman–Crippen LogP) is 5.67. The third kappa shape index (κ3) is 10.4. The number of hydrogen-bond acceptors (Lipinski definition) is 3. The normalized spacial score (nSPS) is 20.9. The monoisotopic (exact) mass is 442 g/mol. The highest BCUT2D eigenvalue weighted by Gasteiger charge is 2.32. The Hall–Kier alpha value is -1.20. The zero-order valence-corrected chi connectivity index (χ0v) is 19.0. The van der Waals surface area contributed by atoms with E-state index in [0.29, 0.717) is 40.8 Å². The van der Waals surface area contributed by atoms with Gasteiger partial charge in [0.2, 0.25) is 0 Å². The van der Waals surface area contributed by atoms with Crippen molar-refractivity contribution < 1.29 is 9.18 Å². The molecule has 0 saturated carbocycles. The third-order valence-corrected chi connectivity index (χ3v) is 5.48. The van der Waals surface area contributed by atoms with Gasteiger partial charge in [-0.3, -0.25) is 9.69 Å². The first-order valence-corrected chi connectivity index (χ1v) is 10.7. The summed E-state index contributed by atoms with van der Waals surface area (Å²) in [4.78, 5) is 12.7. The maximum Gasteiger partial charge on any atom is 0.150 e. The van der Waals surface area contributed by atoms with Gasteiger partial charge < -0.3 is 5.73 Å². The van der Waals surface area contributed by atoms with Gasteiger partial charge in [-0.05, 0) is 44.3 Å². The second-order valence-corrected chi connectivity index (χ2v) is 8.71. The number of rotatable bonds is 7. The number of carbonyl (C=O) groups is 1. The van der Waals surface area contributed by atoms with E-state index < -0.39 is 5.67 Å². The fraction of sp³-hybridized carbons (Fsp3) is 0.522. The van der Waals surface area contributed by atoms with Crippen LogP contribution in [-0.4, -0.2) is 43.0 Å². The highest BCUT2D eigenvalue weighted by Crippen LogP contribution is 2.25. The molecule has 0 aromatic rings. The van der Waals surface area contributed by atoms with Gasteiger partial charge in [0.1, 0.15) is 12.0 Å². The van der Waals surface area contributed by atoms with Crippen molar-refractivity contribution in [2.24, 2.45) is 11.7 Å². The van der Waals surface area contributed by atoms with Crippen molar-refractivity contribution in [2.75, 3.05) is 26.2 Å². The van der Waals surface area contributed by atoms with Crippen molar-refractivity contribution in [3.05, 3.63) is 58.2 Å². The molecule has 162 valence electrons. The summed E-state index contributed by atoms with van der Waals surface area (Å²) in [7, 11) is 0. The van der Waals surface area contributed by atoms with Gasteiger partial charge in [-0.1, -0.05) is 53.9 Å². The average molecular weight is 443 g/mol. The summed E-state index contributed by atoms with van der Waals surface area (Å²) in [6, 6.07) is 0. The van der Waals surface area contributed by atoms with Crippen LogP contribution in [0.5, 0.6) is 0 Å². The minimum absolute atomic E-state index is 0.159. The second-order valence-electron chi connectivity index (χ2n) is 7.79. The van der Waals surface area contributed by atoms with Gasteiger partial charge in [-0.2, -0.15) is 0 Å². The van der Waals surface area contributed by atoms with Crippen LogP contribution >= 0.6 is 23.2 Å². The Labute approximate surface area is 184 Å². The van der Waals surface area contributed by atoms with Crippen LogP contribution in [0.15, 0.2) is 58.2 Å². The Morgan fingerprint density at radius 3 is 2.59 bits per heavy atom. The first kappa shape index (κ1) is 25.8. The number of allylic oxidation sites excluding steroid dienone is 8. The predicted molar refractivity (Wildman–Crippen MR) is 123 cm³/mol. The molecule has 0 spiro atoms. The zero-order chi connectivity index (χ0) is 21.9. The summed E-state index contributed by atoms with van der Waals surface area (Å²) in [6.45, 7) is 10.8. The van der Waals surface area contributed by atoms with Crippen molar-refractivity contribution >= 4 is 29.5 Å². The van der Waals surface area contributed by atoms with Crippen molar-refractivity contribution in [2.45, 2.75) is 45.2 Å². The van der Waals surface area contributed by atoms with Crippen LogP contribution in [0.2, 0.25) is 0 Å². The van der Waals surface area contributed by atoms with E-state index in [1.54, 1.807) is 18.2 Å². The molecule has 29 heavy (non-hydrogen) atoms. The van der Waals surface area contributed by atoms with E-state index in [-0.39, 0.29) is 6.54 Å². The largest absolute Gasteiger partial charge is 0.328 e. The Bertz CT molecular complexity index is 674. The summed E-state index contributed by atoms with van der Waals surface area (Å²) in [5.74, 6) is 0.539. The lowest BCUT2D eigenvalue weighted by Gasteiger charge is -2.35. The van der Waals surface area contributed by atoms with Crippen molar-refractivity contribution in [1.82, 2.24) is 4.90 Å². The summed E-state index contributed by atoms with van der Waals surface area (Å²) in [5, 5.41) is 1.18. The van der Waals surface area contributed by atoms with E-state index >= 15 is 0 Å². The van der Waals surface area contributed by atoms with Crippen LogP contribution in [-0.2, 0) is 4.79 Å². The summed E-state index contributed by atoms with van der Waals surface area (Å²) in [5.41, 5.74) is 6.22. The SMILES string of the molecule is C=CCC(C)/C=C(\C)CN1CCC(F)(CN)CC1.O=CC1=CC(Cl)=CCC(Cl)=C1. The maximum absolute atomic E-state index is 13.9. The summed E-state index contributed by atoms with van der Waals surface area (Å²) >= 11 is 11.4. The number of aldehydes is 1. The molecule has 2 aliphatic rings. The molecule has 1 atom stereocenters. The minimum atomic E-state index is -1.12. The van der Waals surface area contributed by atoms with Gasteiger partial charge >= 0.3 is 0 Å². The second kappa shape index (κ2) is 13.2. The summed E-state index contributed by atoms with van der Waals surface area (Å²) in [6.07, 6.45) is 12.7. The summed E-state index contributed by atoms with van der Waals surface area (Å²) < 4.78 is 13.9. The van der Waals surface area contributed by atoms with Crippen molar-refractivity contribution in [3.8, 4) is 0 Å². The van der Waals surface area contributed by atoms with Crippen LogP contribution < -0.4 is 5.73 Å². The topological polar surface area (TPSA) is 46.3 Å². The number of likely N-dealkylation sites (tertiary alicyclic amines) is 1. The standard InChI is InChI=1S/C15H27FN2.C8H6Cl2O/c1-4-5-13(2)10-14(3)11-18-8-6-15(16,12-17)7-9-18;9-7-1-2-8(10)4-6(3-7)5-11/h4,10,13H,1,5-9,11-12,17H2,2-3H3;1,3-5H,2H2/b14-10+;. The third-order valence-electron chi connectivity index (χ3n) is 4.95. The molecule has 0 aromatic heterocycles. The van der Waals surface area contributed by atoms with Crippen molar-refractivity contribution in [3.63, 3.8) is 0 Å². The number of nitrogens with zero attached hydrogens (tertiary/aromatic N) is 1. The van der Waals surface area contributed by atoms with Gasteiger partial charge in [-0.25, -0.2) is 4.39 Å². The number of alkyl halides is 1. The van der Waals surface area contributed by atoms with Gasteiger partial charge in [-0.15, -0.1) is 6.58 Å². The highest BCUT2D eigenvalue weighted by atomic mass is 35.5. The van der Waals surface area contributed by atoms with Crippen molar-refractivity contribution in [1.29, 1.82) is 0 Å². The molecule has 1 unspecified atom stereocenters. The Morgan fingerprint density at radius 1 is 1.38 bits per heavy atom. The molecule has 6 heteroatoms. The van der Waals surface area contributed by atoms with Crippen LogP contribution in [0.1, 0.15) is 39.5 Å². The fourth-order valence-electron chi connectivity index (χ4n) is 3.30. The van der Waals surface area contributed by atoms with Gasteiger partial charge in [0, 0.05) is 48.2 Å². The van der Waals surface area contributed by atoms with E-state index in [9.17, 15) is 9.18 Å². The van der Waals surface area contributed by atoms with E-state index in [4.69, 9.17) is 28.9 Å². The molecule has 0 aromatic carbocycles. The smallest absolute Gasteiger partial charge is 0.150 e. The lowest BCUT2D eigenvalue weighted by Crippen LogP contribution is -2.46. The molecule has 0 amide bonds. The van der Waals surface area contributed by atoms with Gasteiger partial charge in [0.15, 0.2) is 0 Å². The van der Waals surface area contributed by atoms with E-state index in [0.717, 1.165) is 32.3 Å². The minimum Gasteiger partial charge on any atom is -0.328 e. The average Bonchev–Trinajstić information content (AvgIpc) is 2.85. The Morgan fingerprint density at radius 2 is 2.03 bits per heavy atom. The maximum atomic E-state index is 13.9. The van der Waals surface area contributed by atoms with Crippen LogP contribution in [0.25, 0.3) is 0 Å². The van der Waals surface area contributed by atoms with E-state index in [2.05, 4.69) is 31.4 Å². The number of carbonyl (C=O) groups excluding carboxylic acids is 1. The number of hydrogen-bond donors (Lipinski definition) is 1. The lowest BCUT2D eigenvalue weighted by atomic mass is 9.93. The highest BCUT2D eigenvalue weighted by molar-refractivity contribution is 6.33. The zero-order valence-electron chi connectivity index (χ0n) is 17.5. The molecule has 2 N–H and O–H groups in total. The van der Waals surface area contributed by atoms with Crippen LogP contribution in [0.4, 0.5) is 4.39 Å². The number of nitrogens with two attached hydrogens (primary N) is 1. The molecule has 0 radical (unpaired) electrons. The fourth-order valence-corrected chi connectivity index (χ4v) is 3.71. The molecule has 2 rings (SSSR count). The Balaban J connectivity index is 0.000000326. The lowest BCUT2D eigenvalue weighted by molar-refractivity contribution is -0.104. The molecule has 1 heterocycles. The molecule has 1 aliphatic carbocycles. The molecular weight excluding hydrogens is 410 g/mol. The van der Waals surface area contributed by atoms with E-state index in [1.807, 2.05) is 6.08 Å². The van der Waals surface area contributed by atoms with E-state index in [1.165, 1.54) is 5.57 Å². The first-order valence-electron chi connectivity index (χ1n) is 9.99. The van der Waals surface area contributed by atoms with Crippen LogP contribution in [0.3, 0.4) is 0 Å². The Kier molecular flexibility index (Phi) is 11.7. The first-order chi connectivity index (χ1) is 13.7. The molecule has 1 saturated heterocycles. The number of piperidine rings is 1. The van der Waals surface area contributed by atoms with Crippen LogP contribution in [0, 0.1) is 5.92 Å². The molecule has 0 bridgehead atoms.